The van der Waals surface area contributed by atoms with Crippen LogP contribution < -0.4 is 5.32 Å². The maximum Gasteiger partial charge on any atom is 0.0897 e. The average Bonchev–Trinajstić information content (AvgIpc) is 2.78. The van der Waals surface area contributed by atoms with Crippen LogP contribution in [-0.2, 0) is 9.47 Å². The molecule has 1 rings (SSSR count). The highest BCUT2D eigenvalue weighted by Crippen LogP contribution is 2.11. The summed E-state index contributed by atoms with van der Waals surface area (Å²) in [4.78, 5) is 2.12. The zero-order chi connectivity index (χ0) is 13.4. The fraction of sp³-hybridized carbons (Fsp3) is 1.00. The van der Waals surface area contributed by atoms with E-state index in [1.807, 2.05) is 14.1 Å². The number of ether oxygens (including phenoxy) is 2. The Balaban J connectivity index is 1.97. The number of nitrogens with one attached hydrogen (secondary N) is 1. The summed E-state index contributed by atoms with van der Waals surface area (Å²) in [6.07, 6.45) is 1.99. The van der Waals surface area contributed by atoms with Crippen molar-refractivity contribution in [1.29, 1.82) is 0 Å². The molecule has 0 aromatic heterocycles. The first-order valence-electron chi connectivity index (χ1n) is 6.83. The van der Waals surface area contributed by atoms with Gasteiger partial charge in [-0.2, -0.15) is 0 Å². The molecule has 0 amide bonds. The number of aliphatic hydroxyl groups is 1. The van der Waals surface area contributed by atoms with Gasteiger partial charge < -0.3 is 24.8 Å². The van der Waals surface area contributed by atoms with Crippen molar-refractivity contribution in [2.24, 2.45) is 0 Å². The van der Waals surface area contributed by atoms with Crippen LogP contribution in [0.1, 0.15) is 19.8 Å². The molecule has 5 nitrogen and oxygen atoms in total. The second-order valence-electron chi connectivity index (χ2n) is 5.40. The van der Waals surface area contributed by atoms with Gasteiger partial charge in [0.15, 0.2) is 0 Å². The molecule has 3 atom stereocenters. The summed E-state index contributed by atoms with van der Waals surface area (Å²) >= 11 is 0. The molecule has 0 spiro atoms. The van der Waals surface area contributed by atoms with Crippen molar-refractivity contribution in [3.05, 3.63) is 0 Å². The maximum atomic E-state index is 9.76. The molecule has 0 radical (unpaired) electrons. The normalized spacial score (nSPS) is 23.5. The second kappa shape index (κ2) is 8.82. The van der Waals surface area contributed by atoms with Crippen molar-refractivity contribution in [3.8, 4) is 0 Å². The molecule has 2 N–H and O–H groups in total. The Kier molecular flexibility index (Phi) is 7.77. The number of hydrogen-bond donors (Lipinski definition) is 2. The lowest BCUT2D eigenvalue weighted by atomic mass is 10.2. The molecule has 3 unspecified atom stereocenters. The Hall–Kier alpha value is -0.200. The molecule has 1 saturated heterocycles. The average molecular weight is 260 g/mol. The molecule has 0 bridgehead atoms. The van der Waals surface area contributed by atoms with E-state index in [-0.39, 0.29) is 6.10 Å². The highest BCUT2D eigenvalue weighted by molar-refractivity contribution is 4.68. The Morgan fingerprint density at radius 2 is 2.28 bits per heavy atom. The van der Waals surface area contributed by atoms with Gasteiger partial charge in [0.05, 0.1) is 25.4 Å². The first-order valence-corrected chi connectivity index (χ1v) is 6.83. The summed E-state index contributed by atoms with van der Waals surface area (Å²) < 4.78 is 10.9. The molecule has 0 saturated carbocycles. The predicted octanol–water partition coefficient (Wildman–Crippen LogP) is 0.0826. The van der Waals surface area contributed by atoms with Gasteiger partial charge in [-0.05, 0) is 33.9 Å². The molecule has 0 aliphatic carbocycles. The van der Waals surface area contributed by atoms with E-state index >= 15 is 0 Å². The zero-order valence-electron chi connectivity index (χ0n) is 11.9. The number of likely N-dealkylation sites (N-methyl/N-ethyl adjacent to an activating group) is 1. The van der Waals surface area contributed by atoms with E-state index in [9.17, 15) is 5.11 Å². The summed E-state index contributed by atoms with van der Waals surface area (Å²) in [5.74, 6) is 0. The van der Waals surface area contributed by atoms with Crippen LogP contribution in [0.25, 0.3) is 0 Å². The van der Waals surface area contributed by atoms with Gasteiger partial charge in [-0.3, -0.25) is 0 Å². The van der Waals surface area contributed by atoms with Gasteiger partial charge in [0.25, 0.3) is 0 Å². The monoisotopic (exact) mass is 260 g/mol. The van der Waals surface area contributed by atoms with Gasteiger partial charge >= 0.3 is 0 Å². The van der Waals surface area contributed by atoms with Crippen molar-refractivity contribution < 1.29 is 14.6 Å². The van der Waals surface area contributed by atoms with Crippen LogP contribution in [0.4, 0.5) is 0 Å². The fourth-order valence-electron chi connectivity index (χ4n) is 2.12. The first-order chi connectivity index (χ1) is 8.58. The van der Waals surface area contributed by atoms with E-state index in [1.165, 1.54) is 0 Å². The van der Waals surface area contributed by atoms with Gasteiger partial charge in [0.2, 0.25) is 0 Å². The van der Waals surface area contributed by atoms with E-state index < -0.39 is 6.10 Å². The fourth-order valence-corrected chi connectivity index (χ4v) is 2.12. The van der Waals surface area contributed by atoms with Crippen molar-refractivity contribution in [2.75, 3.05) is 47.0 Å². The molecular weight excluding hydrogens is 232 g/mol. The summed E-state index contributed by atoms with van der Waals surface area (Å²) in [7, 11) is 4.08. The minimum absolute atomic E-state index is 0.234. The number of nitrogens with zero attached hydrogens (tertiary/aromatic N) is 1. The molecule has 18 heavy (non-hydrogen) atoms. The second-order valence-corrected chi connectivity index (χ2v) is 5.40. The molecule has 1 aliphatic heterocycles. The topological polar surface area (TPSA) is 54.0 Å². The SMILES string of the molecule is CC(CN(C)C)NCC(O)COCC1CCCO1. The van der Waals surface area contributed by atoms with Crippen molar-refractivity contribution in [3.63, 3.8) is 0 Å². The summed E-state index contributed by atoms with van der Waals surface area (Å²) in [5, 5.41) is 13.1. The summed E-state index contributed by atoms with van der Waals surface area (Å²) in [6, 6.07) is 0.368. The molecule has 5 heteroatoms. The molecule has 108 valence electrons. The summed E-state index contributed by atoms with van der Waals surface area (Å²) in [6.45, 7) is 5.47. The van der Waals surface area contributed by atoms with Crippen LogP contribution in [-0.4, -0.2) is 75.3 Å². The molecular formula is C13H28N2O3. The van der Waals surface area contributed by atoms with Crippen molar-refractivity contribution in [2.45, 2.75) is 38.0 Å². The third-order valence-corrected chi connectivity index (χ3v) is 2.98. The Morgan fingerprint density at radius 3 is 2.89 bits per heavy atom. The van der Waals surface area contributed by atoms with E-state index in [1.54, 1.807) is 0 Å². The Morgan fingerprint density at radius 1 is 1.50 bits per heavy atom. The van der Waals surface area contributed by atoms with Crippen LogP contribution in [0.2, 0.25) is 0 Å². The lowest BCUT2D eigenvalue weighted by Crippen LogP contribution is -2.41. The van der Waals surface area contributed by atoms with E-state index in [2.05, 4.69) is 17.1 Å². The first kappa shape index (κ1) is 15.9. The minimum atomic E-state index is -0.448. The predicted molar refractivity (Wildman–Crippen MR) is 71.8 cm³/mol. The third-order valence-electron chi connectivity index (χ3n) is 2.98. The van der Waals surface area contributed by atoms with Crippen LogP contribution in [0.3, 0.4) is 0 Å². The lowest BCUT2D eigenvalue weighted by molar-refractivity contribution is -0.0169. The van der Waals surface area contributed by atoms with Gasteiger partial charge in [0.1, 0.15) is 0 Å². The Bertz CT molecular complexity index is 208. The quantitative estimate of drug-likeness (QED) is 0.615. The van der Waals surface area contributed by atoms with Gasteiger partial charge in [-0.1, -0.05) is 0 Å². The van der Waals surface area contributed by atoms with E-state index in [0.717, 1.165) is 26.0 Å². The van der Waals surface area contributed by atoms with Gasteiger partial charge in [0, 0.05) is 25.7 Å². The van der Waals surface area contributed by atoms with Gasteiger partial charge in [-0.15, -0.1) is 0 Å². The zero-order valence-corrected chi connectivity index (χ0v) is 11.9. The third kappa shape index (κ3) is 7.28. The number of rotatable bonds is 9. The molecule has 1 fully saturated rings. The molecule has 1 heterocycles. The van der Waals surface area contributed by atoms with Crippen LogP contribution in [0.5, 0.6) is 0 Å². The summed E-state index contributed by atoms with van der Waals surface area (Å²) in [5.41, 5.74) is 0. The number of hydrogen-bond acceptors (Lipinski definition) is 5. The van der Waals surface area contributed by atoms with E-state index in [4.69, 9.17) is 9.47 Å². The molecule has 0 aromatic rings. The number of aliphatic hydroxyl groups excluding tert-OH is 1. The van der Waals surface area contributed by atoms with Crippen molar-refractivity contribution >= 4 is 0 Å². The smallest absolute Gasteiger partial charge is 0.0897 e. The highest BCUT2D eigenvalue weighted by atomic mass is 16.5. The minimum Gasteiger partial charge on any atom is -0.389 e. The largest absolute Gasteiger partial charge is 0.389 e. The highest BCUT2D eigenvalue weighted by Gasteiger charge is 2.16. The Labute approximate surface area is 110 Å². The maximum absolute atomic E-state index is 9.76. The van der Waals surface area contributed by atoms with Crippen LogP contribution >= 0.6 is 0 Å². The van der Waals surface area contributed by atoms with Crippen LogP contribution in [0, 0.1) is 0 Å². The standard InChI is InChI=1S/C13H28N2O3/c1-11(8-15(2)3)14-7-12(16)9-17-10-13-5-4-6-18-13/h11-14,16H,4-10H2,1-3H3. The van der Waals surface area contributed by atoms with Gasteiger partial charge in [-0.25, -0.2) is 0 Å². The van der Waals surface area contributed by atoms with Crippen molar-refractivity contribution in [1.82, 2.24) is 10.2 Å². The van der Waals surface area contributed by atoms with Crippen LogP contribution in [0.15, 0.2) is 0 Å². The lowest BCUT2D eigenvalue weighted by Gasteiger charge is -2.20. The van der Waals surface area contributed by atoms with E-state index in [0.29, 0.717) is 25.8 Å². The molecule has 1 aliphatic rings. The molecule has 0 aromatic carbocycles.